The molecule has 0 aliphatic carbocycles. The molecule has 0 saturated carbocycles. The van der Waals surface area contributed by atoms with E-state index in [2.05, 4.69) is 31.0 Å². The third-order valence-corrected chi connectivity index (χ3v) is 2.01. The highest BCUT2D eigenvalue weighted by Gasteiger charge is 2.07. The van der Waals surface area contributed by atoms with Crippen LogP contribution in [0, 0.1) is 0 Å². The third-order valence-electron chi connectivity index (χ3n) is 2.01. The van der Waals surface area contributed by atoms with Crippen LogP contribution in [0.2, 0.25) is 0 Å². The van der Waals surface area contributed by atoms with E-state index in [1.54, 1.807) is 0 Å². The molecule has 0 N–H and O–H groups in total. The second-order valence-corrected chi connectivity index (χ2v) is 4.18. The van der Waals surface area contributed by atoms with Crippen molar-refractivity contribution >= 4 is 13.3 Å². The molecule has 0 unspecified atom stereocenters. The zero-order valence-corrected chi connectivity index (χ0v) is 9.66. The highest BCUT2D eigenvalue weighted by atomic mass is 16.5. The van der Waals surface area contributed by atoms with Gasteiger partial charge in [0.05, 0.1) is 6.10 Å². The molecule has 0 radical (unpaired) electrons. The molecule has 0 atom stereocenters. The molecule has 0 fully saturated rings. The van der Waals surface area contributed by atoms with Crippen molar-refractivity contribution < 1.29 is 4.74 Å². The Hall–Kier alpha value is -0.985. The maximum atomic E-state index is 5.62. The minimum absolute atomic E-state index is 0.184. The summed E-state index contributed by atoms with van der Waals surface area (Å²) in [5, 5.41) is 0. The largest absolute Gasteiger partial charge is 0.475 e. The van der Waals surface area contributed by atoms with Crippen molar-refractivity contribution in [2.24, 2.45) is 0 Å². The predicted octanol–water partition coefficient (Wildman–Crippen LogP) is 1.25. The Morgan fingerprint density at radius 3 is 2.36 bits per heavy atom. The number of hydrogen-bond acceptors (Lipinski definition) is 2. The zero-order valence-electron chi connectivity index (χ0n) is 9.66. The normalized spacial score (nSPS) is 11.0. The van der Waals surface area contributed by atoms with Gasteiger partial charge in [-0.25, -0.2) is 4.98 Å². The molecular weight excluding hydrogens is 173 g/mol. The highest BCUT2D eigenvalue weighted by Crippen LogP contribution is 2.14. The minimum Gasteiger partial charge on any atom is -0.475 e. The minimum atomic E-state index is 0.184. The van der Waals surface area contributed by atoms with E-state index in [1.165, 1.54) is 0 Å². The van der Waals surface area contributed by atoms with Crippen LogP contribution < -0.4 is 10.2 Å². The second kappa shape index (κ2) is 4.49. The standard InChI is InChI=1S/C11H18BNO/c1-7(2)10-6-5-9(12)11(13-10)14-8(3)4/h5-8H,12H2,1-4H3. The van der Waals surface area contributed by atoms with Crippen molar-refractivity contribution in [1.82, 2.24) is 4.98 Å². The second-order valence-electron chi connectivity index (χ2n) is 4.18. The summed E-state index contributed by atoms with van der Waals surface area (Å²) in [7, 11) is 2.02. The fourth-order valence-electron chi connectivity index (χ4n) is 1.19. The summed E-state index contributed by atoms with van der Waals surface area (Å²) in [6.45, 7) is 8.31. The average molecular weight is 191 g/mol. The average Bonchev–Trinajstić information content (AvgIpc) is 2.07. The number of nitrogens with zero attached hydrogens (tertiary/aromatic N) is 1. The number of rotatable bonds is 3. The van der Waals surface area contributed by atoms with Gasteiger partial charge in [0.15, 0.2) is 0 Å². The predicted molar refractivity (Wildman–Crippen MR) is 62.3 cm³/mol. The van der Waals surface area contributed by atoms with Crippen LogP contribution in [-0.2, 0) is 0 Å². The van der Waals surface area contributed by atoms with E-state index in [0.717, 1.165) is 17.0 Å². The maximum Gasteiger partial charge on any atom is 0.207 e. The van der Waals surface area contributed by atoms with Crippen LogP contribution in [0.15, 0.2) is 12.1 Å². The third kappa shape index (κ3) is 2.76. The Morgan fingerprint density at radius 1 is 1.21 bits per heavy atom. The van der Waals surface area contributed by atoms with Gasteiger partial charge < -0.3 is 4.74 Å². The number of ether oxygens (including phenoxy) is 1. The van der Waals surface area contributed by atoms with Crippen LogP contribution in [0.3, 0.4) is 0 Å². The van der Waals surface area contributed by atoms with Crippen LogP contribution >= 0.6 is 0 Å². The van der Waals surface area contributed by atoms with E-state index in [4.69, 9.17) is 4.74 Å². The van der Waals surface area contributed by atoms with Crippen LogP contribution in [0.1, 0.15) is 39.3 Å². The van der Waals surface area contributed by atoms with Crippen molar-refractivity contribution in [3.63, 3.8) is 0 Å². The lowest BCUT2D eigenvalue weighted by Gasteiger charge is -2.13. The van der Waals surface area contributed by atoms with E-state index in [-0.39, 0.29) is 6.10 Å². The molecule has 1 rings (SSSR count). The summed E-state index contributed by atoms with van der Waals surface area (Å²) >= 11 is 0. The van der Waals surface area contributed by atoms with E-state index in [9.17, 15) is 0 Å². The fourth-order valence-corrected chi connectivity index (χ4v) is 1.19. The van der Waals surface area contributed by atoms with E-state index in [0.29, 0.717) is 5.92 Å². The maximum absolute atomic E-state index is 5.62. The molecule has 1 heterocycles. The molecule has 1 aromatic heterocycles. The number of aromatic nitrogens is 1. The molecule has 0 aliphatic rings. The van der Waals surface area contributed by atoms with Crippen molar-refractivity contribution in [3.05, 3.63) is 17.8 Å². The number of pyridine rings is 1. The van der Waals surface area contributed by atoms with E-state index < -0.39 is 0 Å². The first kappa shape index (κ1) is 11.1. The lowest BCUT2D eigenvalue weighted by molar-refractivity contribution is 0.234. The lowest BCUT2D eigenvalue weighted by Crippen LogP contribution is -2.17. The van der Waals surface area contributed by atoms with Gasteiger partial charge in [0, 0.05) is 5.69 Å². The first-order valence-electron chi connectivity index (χ1n) is 5.15. The molecule has 0 amide bonds. The van der Waals surface area contributed by atoms with E-state index >= 15 is 0 Å². The van der Waals surface area contributed by atoms with Gasteiger partial charge in [0.2, 0.25) is 5.88 Å². The Bertz CT molecular complexity index is 310. The molecule has 2 nitrogen and oxygen atoms in total. The van der Waals surface area contributed by atoms with Crippen LogP contribution in [0.25, 0.3) is 0 Å². The highest BCUT2D eigenvalue weighted by molar-refractivity contribution is 6.33. The van der Waals surface area contributed by atoms with Gasteiger partial charge >= 0.3 is 0 Å². The topological polar surface area (TPSA) is 22.1 Å². The quantitative estimate of drug-likeness (QED) is 0.671. The smallest absolute Gasteiger partial charge is 0.207 e. The molecule has 0 aromatic carbocycles. The van der Waals surface area contributed by atoms with Gasteiger partial charge in [-0.15, -0.1) is 0 Å². The van der Waals surface area contributed by atoms with Gasteiger partial charge in [-0.1, -0.05) is 19.9 Å². The first-order chi connectivity index (χ1) is 6.50. The molecule has 0 saturated heterocycles. The van der Waals surface area contributed by atoms with Gasteiger partial charge in [-0.05, 0) is 31.3 Å². The molecule has 1 aromatic rings. The molecule has 76 valence electrons. The van der Waals surface area contributed by atoms with Gasteiger partial charge in [0.1, 0.15) is 7.85 Å². The molecule has 0 aliphatic heterocycles. The first-order valence-corrected chi connectivity index (χ1v) is 5.15. The zero-order chi connectivity index (χ0) is 10.7. The summed E-state index contributed by atoms with van der Waals surface area (Å²) in [6, 6.07) is 4.13. The van der Waals surface area contributed by atoms with Crippen molar-refractivity contribution in [3.8, 4) is 5.88 Å². The van der Waals surface area contributed by atoms with Crippen molar-refractivity contribution in [2.75, 3.05) is 0 Å². The van der Waals surface area contributed by atoms with Gasteiger partial charge in [0.25, 0.3) is 0 Å². The van der Waals surface area contributed by atoms with Crippen molar-refractivity contribution in [1.29, 1.82) is 0 Å². The molecule has 0 spiro atoms. The molecule has 0 bridgehead atoms. The summed E-state index contributed by atoms with van der Waals surface area (Å²) in [5.74, 6) is 1.22. The molecular formula is C11H18BNO. The summed E-state index contributed by atoms with van der Waals surface area (Å²) in [6.07, 6.45) is 0.184. The Kier molecular flexibility index (Phi) is 3.56. The SMILES string of the molecule is Bc1ccc(C(C)C)nc1OC(C)C. The summed E-state index contributed by atoms with van der Waals surface area (Å²) < 4.78 is 5.62. The van der Waals surface area contributed by atoms with E-state index in [1.807, 2.05) is 21.7 Å². The monoisotopic (exact) mass is 191 g/mol. The molecule has 3 heteroatoms. The van der Waals surface area contributed by atoms with Crippen molar-refractivity contribution in [2.45, 2.75) is 39.7 Å². The number of hydrogen-bond donors (Lipinski definition) is 0. The van der Waals surface area contributed by atoms with Crippen LogP contribution in [-0.4, -0.2) is 18.9 Å². The summed E-state index contributed by atoms with van der Waals surface area (Å²) in [4.78, 5) is 4.49. The summed E-state index contributed by atoms with van der Waals surface area (Å²) in [5.41, 5.74) is 2.19. The van der Waals surface area contributed by atoms with Gasteiger partial charge in [-0.3, -0.25) is 0 Å². The van der Waals surface area contributed by atoms with Gasteiger partial charge in [-0.2, -0.15) is 0 Å². The Balaban J connectivity index is 2.96. The van der Waals surface area contributed by atoms with Crippen LogP contribution in [0.5, 0.6) is 5.88 Å². The fraction of sp³-hybridized carbons (Fsp3) is 0.545. The Morgan fingerprint density at radius 2 is 1.86 bits per heavy atom. The van der Waals surface area contributed by atoms with Crippen LogP contribution in [0.4, 0.5) is 0 Å². The Labute approximate surface area is 87.1 Å². The lowest BCUT2D eigenvalue weighted by atomic mass is 9.96. The molecule has 14 heavy (non-hydrogen) atoms.